The topological polar surface area (TPSA) is 46.9 Å². The number of nitrogens with zero attached hydrogens (tertiary/aromatic N) is 2. The molecule has 0 aliphatic heterocycles. The van der Waals surface area contributed by atoms with Gasteiger partial charge in [-0.25, -0.2) is 4.68 Å². The third kappa shape index (κ3) is 4.28. The second kappa shape index (κ2) is 7.95. The highest BCUT2D eigenvalue weighted by atomic mass is 19.3. The van der Waals surface area contributed by atoms with Gasteiger partial charge in [-0.2, -0.15) is 13.9 Å². The number of aryl methyl sites for hydroxylation is 1. The van der Waals surface area contributed by atoms with Crippen LogP contribution in [0.2, 0.25) is 0 Å². The Bertz CT molecular complexity index is 962. The largest absolute Gasteiger partial charge is 0.348 e. The standard InChI is InChI=1S/C21H19F2N3O/c1-3-20(27)24-11-17-9-8-16(15-6-4-14(2)5-7-15)10-19(17)18-12-25-26(13-18)21(22)23/h3-10,12-13,21H,1,11H2,2H3,(H,24,27). The number of amides is 1. The Morgan fingerprint density at radius 1 is 1.19 bits per heavy atom. The van der Waals surface area contributed by atoms with Gasteiger partial charge in [-0.15, -0.1) is 0 Å². The van der Waals surface area contributed by atoms with E-state index in [1.54, 1.807) is 0 Å². The van der Waals surface area contributed by atoms with Crippen LogP contribution < -0.4 is 5.32 Å². The van der Waals surface area contributed by atoms with Gasteiger partial charge in [-0.1, -0.05) is 48.5 Å². The zero-order valence-electron chi connectivity index (χ0n) is 14.8. The third-order valence-electron chi connectivity index (χ3n) is 4.25. The lowest BCUT2D eigenvalue weighted by atomic mass is 9.95. The van der Waals surface area contributed by atoms with E-state index in [-0.39, 0.29) is 12.5 Å². The lowest BCUT2D eigenvalue weighted by Crippen LogP contribution is -2.20. The van der Waals surface area contributed by atoms with Crippen LogP contribution in [-0.2, 0) is 11.3 Å². The zero-order chi connectivity index (χ0) is 19.4. The molecule has 138 valence electrons. The van der Waals surface area contributed by atoms with Crippen molar-refractivity contribution in [3.63, 3.8) is 0 Å². The fraction of sp³-hybridized carbons (Fsp3) is 0.143. The molecule has 1 amide bonds. The summed E-state index contributed by atoms with van der Waals surface area (Å²) < 4.78 is 26.4. The van der Waals surface area contributed by atoms with Crippen molar-refractivity contribution in [2.45, 2.75) is 20.0 Å². The summed E-state index contributed by atoms with van der Waals surface area (Å²) in [6, 6.07) is 13.8. The van der Waals surface area contributed by atoms with Crippen LogP contribution in [0.1, 0.15) is 17.7 Å². The van der Waals surface area contributed by atoms with Gasteiger partial charge in [-0.3, -0.25) is 4.79 Å². The number of hydrogen-bond donors (Lipinski definition) is 1. The van der Waals surface area contributed by atoms with Gasteiger partial charge < -0.3 is 5.32 Å². The van der Waals surface area contributed by atoms with E-state index in [0.717, 1.165) is 27.8 Å². The number of carbonyl (C=O) groups is 1. The number of halogens is 2. The molecule has 1 aromatic heterocycles. The van der Waals surface area contributed by atoms with Crippen LogP contribution in [0.25, 0.3) is 22.3 Å². The fourth-order valence-electron chi connectivity index (χ4n) is 2.76. The van der Waals surface area contributed by atoms with Gasteiger partial charge in [-0.05, 0) is 41.3 Å². The third-order valence-corrected chi connectivity index (χ3v) is 4.25. The Morgan fingerprint density at radius 3 is 2.52 bits per heavy atom. The average Bonchev–Trinajstić information content (AvgIpc) is 3.17. The minimum atomic E-state index is -2.71. The normalized spacial score (nSPS) is 10.8. The Balaban J connectivity index is 2.03. The highest BCUT2D eigenvalue weighted by molar-refractivity contribution is 5.87. The summed E-state index contributed by atoms with van der Waals surface area (Å²) in [5, 5.41) is 6.44. The van der Waals surface area contributed by atoms with Gasteiger partial charge in [0.15, 0.2) is 0 Å². The maximum atomic E-state index is 12.9. The smallest absolute Gasteiger partial charge is 0.333 e. The van der Waals surface area contributed by atoms with Crippen molar-refractivity contribution in [1.29, 1.82) is 0 Å². The molecule has 0 spiro atoms. The highest BCUT2D eigenvalue weighted by Crippen LogP contribution is 2.30. The number of hydrogen-bond acceptors (Lipinski definition) is 2. The molecule has 0 radical (unpaired) electrons. The summed E-state index contributed by atoms with van der Waals surface area (Å²) in [4.78, 5) is 11.5. The van der Waals surface area contributed by atoms with Crippen LogP contribution in [0, 0.1) is 6.92 Å². The molecule has 1 heterocycles. The molecule has 0 saturated heterocycles. The molecule has 3 aromatic rings. The summed E-state index contributed by atoms with van der Waals surface area (Å²) in [7, 11) is 0. The second-order valence-electron chi connectivity index (χ2n) is 6.15. The molecular weight excluding hydrogens is 348 g/mol. The average molecular weight is 367 g/mol. The van der Waals surface area contributed by atoms with E-state index in [9.17, 15) is 13.6 Å². The van der Waals surface area contributed by atoms with Crippen LogP contribution >= 0.6 is 0 Å². The number of carbonyl (C=O) groups excluding carboxylic acids is 1. The Kier molecular flexibility index (Phi) is 5.45. The maximum absolute atomic E-state index is 12.9. The van der Waals surface area contributed by atoms with Crippen LogP contribution in [0.15, 0.2) is 67.5 Å². The molecule has 0 aliphatic rings. The number of benzene rings is 2. The lowest BCUT2D eigenvalue weighted by molar-refractivity contribution is -0.116. The first-order valence-corrected chi connectivity index (χ1v) is 8.41. The minimum absolute atomic E-state index is 0.258. The zero-order valence-corrected chi connectivity index (χ0v) is 14.8. The number of rotatable bonds is 6. The number of aromatic nitrogens is 2. The van der Waals surface area contributed by atoms with E-state index in [2.05, 4.69) is 17.0 Å². The van der Waals surface area contributed by atoms with Crippen LogP contribution in [0.5, 0.6) is 0 Å². The molecule has 0 bridgehead atoms. The highest BCUT2D eigenvalue weighted by Gasteiger charge is 2.13. The molecule has 0 unspecified atom stereocenters. The van der Waals surface area contributed by atoms with Crippen molar-refractivity contribution in [2.24, 2.45) is 0 Å². The fourth-order valence-corrected chi connectivity index (χ4v) is 2.76. The molecule has 0 fully saturated rings. The lowest BCUT2D eigenvalue weighted by Gasteiger charge is -2.12. The summed E-state index contributed by atoms with van der Waals surface area (Å²) in [5.41, 5.74) is 5.23. The van der Waals surface area contributed by atoms with E-state index < -0.39 is 6.55 Å². The van der Waals surface area contributed by atoms with Gasteiger partial charge in [0.1, 0.15) is 0 Å². The Morgan fingerprint density at radius 2 is 1.89 bits per heavy atom. The van der Waals surface area contributed by atoms with Gasteiger partial charge in [0, 0.05) is 18.3 Å². The quantitative estimate of drug-likeness (QED) is 0.641. The first-order valence-electron chi connectivity index (χ1n) is 8.41. The first kappa shape index (κ1) is 18.5. The van der Waals surface area contributed by atoms with E-state index in [4.69, 9.17) is 0 Å². The first-order chi connectivity index (χ1) is 13.0. The summed E-state index contributed by atoms with van der Waals surface area (Å²) in [6.07, 6.45) is 3.89. The molecule has 0 atom stereocenters. The summed E-state index contributed by atoms with van der Waals surface area (Å²) in [6.45, 7) is 2.99. The van der Waals surface area contributed by atoms with E-state index in [1.807, 2.05) is 49.4 Å². The predicted octanol–water partition coefficient (Wildman–Crippen LogP) is 4.72. The molecule has 2 aromatic carbocycles. The molecule has 4 nitrogen and oxygen atoms in total. The molecule has 0 aliphatic carbocycles. The van der Waals surface area contributed by atoms with Crippen molar-refractivity contribution in [3.8, 4) is 22.3 Å². The van der Waals surface area contributed by atoms with Crippen molar-refractivity contribution >= 4 is 5.91 Å². The molecule has 6 heteroatoms. The number of alkyl halides is 2. The number of nitrogens with one attached hydrogen (secondary N) is 1. The van der Waals surface area contributed by atoms with E-state index in [0.29, 0.717) is 10.2 Å². The second-order valence-corrected chi connectivity index (χ2v) is 6.15. The van der Waals surface area contributed by atoms with Crippen molar-refractivity contribution in [3.05, 3.63) is 78.6 Å². The SMILES string of the molecule is C=CC(=O)NCc1ccc(-c2ccc(C)cc2)cc1-c1cnn(C(F)F)c1. The molecule has 3 rings (SSSR count). The molecule has 1 N–H and O–H groups in total. The minimum Gasteiger partial charge on any atom is -0.348 e. The van der Waals surface area contributed by atoms with E-state index in [1.165, 1.54) is 18.5 Å². The predicted molar refractivity (Wildman–Crippen MR) is 101 cm³/mol. The Hall–Kier alpha value is -3.28. The summed E-state index contributed by atoms with van der Waals surface area (Å²) in [5.74, 6) is -0.299. The van der Waals surface area contributed by atoms with Gasteiger partial charge in [0.25, 0.3) is 0 Å². The van der Waals surface area contributed by atoms with E-state index >= 15 is 0 Å². The van der Waals surface area contributed by atoms with Crippen LogP contribution in [0.3, 0.4) is 0 Å². The van der Waals surface area contributed by atoms with Crippen LogP contribution in [-0.4, -0.2) is 15.7 Å². The van der Waals surface area contributed by atoms with Crippen LogP contribution in [0.4, 0.5) is 8.78 Å². The monoisotopic (exact) mass is 367 g/mol. The maximum Gasteiger partial charge on any atom is 0.333 e. The van der Waals surface area contributed by atoms with Gasteiger partial charge in [0.05, 0.1) is 6.20 Å². The molecule has 0 saturated carbocycles. The molecular formula is C21H19F2N3O. The van der Waals surface area contributed by atoms with Crippen molar-refractivity contribution < 1.29 is 13.6 Å². The Labute approximate surface area is 156 Å². The van der Waals surface area contributed by atoms with Gasteiger partial charge >= 0.3 is 6.55 Å². The van der Waals surface area contributed by atoms with Crippen molar-refractivity contribution in [2.75, 3.05) is 0 Å². The summed E-state index contributed by atoms with van der Waals surface area (Å²) >= 11 is 0. The van der Waals surface area contributed by atoms with Gasteiger partial charge in [0.2, 0.25) is 5.91 Å². The molecule has 27 heavy (non-hydrogen) atoms. The van der Waals surface area contributed by atoms with Crippen molar-refractivity contribution in [1.82, 2.24) is 15.1 Å².